The zero-order valence-corrected chi connectivity index (χ0v) is 15.5. The molecule has 2 fully saturated rings. The van der Waals surface area contributed by atoms with Crippen LogP contribution in [-0.2, 0) is 14.8 Å². The van der Waals surface area contributed by atoms with Crippen LogP contribution in [-0.4, -0.2) is 70.0 Å². The largest absolute Gasteiger partial charge is 0.335 e. The number of hydrogen-bond acceptors (Lipinski definition) is 5. The van der Waals surface area contributed by atoms with Gasteiger partial charge in [0.1, 0.15) is 4.21 Å². The summed E-state index contributed by atoms with van der Waals surface area (Å²) in [5.74, 6) is -0.0745. The molecule has 2 N–H and O–H groups in total. The predicted octanol–water partition coefficient (Wildman–Crippen LogP) is -0.990. The first-order valence-corrected chi connectivity index (χ1v) is 10.7. The number of quaternary nitrogens is 1. The molecule has 0 bridgehead atoms. The van der Waals surface area contributed by atoms with Crippen LogP contribution in [0.4, 0.5) is 0 Å². The molecule has 9 heteroatoms. The number of piperidine rings is 1. The van der Waals surface area contributed by atoms with Gasteiger partial charge in [0.05, 0.1) is 33.2 Å². The van der Waals surface area contributed by atoms with Gasteiger partial charge in [0.15, 0.2) is 0 Å². The van der Waals surface area contributed by atoms with E-state index in [1.807, 2.05) is 5.01 Å². The van der Waals surface area contributed by atoms with Crippen LogP contribution in [0.3, 0.4) is 0 Å². The number of sulfonamides is 1. The standard InChI is InChI=1S/C15H24N4O3S2/c1-17-8-10-18(11-9-17)16-15(20)13-4-6-19(7-5-13)24(21,22)14-3-2-12-23-14/h2-3,12-13H,4-11H2,1H3,(H,16,20)/p+1. The number of rotatable bonds is 4. The van der Waals surface area contributed by atoms with Crippen molar-refractivity contribution < 1.29 is 18.1 Å². The van der Waals surface area contributed by atoms with Gasteiger partial charge < -0.3 is 4.90 Å². The maximum absolute atomic E-state index is 12.5. The topological polar surface area (TPSA) is 74.2 Å². The van der Waals surface area contributed by atoms with Crippen molar-refractivity contribution in [3.05, 3.63) is 17.5 Å². The molecule has 0 radical (unpaired) electrons. The SMILES string of the molecule is C[NH+]1CCN(NC(=O)C2CCN(S(=O)(=O)c3cccs3)CC2)CC1. The van der Waals surface area contributed by atoms with E-state index in [0.717, 1.165) is 26.2 Å². The highest BCUT2D eigenvalue weighted by atomic mass is 32.2. The summed E-state index contributed by atoms with van der Waals surface area (Å²) in [7, 11) is -1.24. The van der Waals surface area contributed by atoms with Gasteiger partial charge in [-0.1, -0.05) is 6.07 Å². The van der Waals surface area contributed by atoms with Crippen LogP contribution in [0, 0.1) is 5.92 Å². The Hall–Kier alpha value is -1.00. The third-order valence-electron chi connectivity index (χ3n) is 4.80. The first kappa shape index (κ1) is 17.8. The normalized spacial score (nSPS) is 22.5. The zero-order valence-electron chi connectivity index (χ0n) is 13.9. The predicted molar refractivity (Wildman–Crippen MR) is 92.1 cm³/mol. The molecule has 0 aliphatic carbocycles. The lowest BCUT2D eigenvalue weighted by Gasteiger charge is -2.33. The second-order valence-corrected chi connectivity index (χ2v) is 9.64. The fourth-order valence-corrected chi connectivity index (χ4v) is 5.76. The molecule has 24 heavy (non-hydrogen) atoms. The Balaban J connectivity index is 1.51. The molecule has 2 aliphatic heterocycles. The van der Waals surface area contributed by atoms with Crippen molar-refractivity contribution in [2.45, 2.75) is 17.1 Å². The third-order valence-corrected chi connectivity index (χ3v) is 8.07. The highest BCUT2D eigenvalue weighted by molar-refractivity contribution is 7.91. The van der Waals surface area contributed by atoms with Crippen molar-refractivity contribution in [3.63, 3.8) is 0 Å². The summed E-state index contributed by atoms with van der Waals surface area (Å²) in [5.41, 5.74) is 3.01. The Bertz CT molecular complexity index is 646. The van der Waals surface area contributed by atoms with Gasteiger partial charge in [-0.15, -0.1) is 11.3 Å². The highest BCUT2D eigenvalue weighted by Crippen LogP contribution is 2.26. The van der Waals surface area contributed by atoms with E-state index in [1.165, 1.54) is 20.5 Å². The van der Waals surface area contributed by atoms with Crippen molar-refractivity contribution in [1.82, 2.24) is 14.7 Å². The molecule has 0 saturated carbocycles. The molecule has 3 heterocycles. The van der Waals surface area contributed by atoms with Crippen LogP contribution in [0.1, 0.15) is 12.8 Å². The molecule has 1 aromatic heterocycles. The lowest BCUT2D eigenvalue weighted by atomic mass is 9.97. The van der Waals surface area contributed by atoms with Gasteiger partial charge in [0, 0.05) is 19.0 Å². The molecule has 0 spiro atoms. The Morgan fingerprint density at radius 1 is 1.25 bits per heavy atom. The minimum absolute atomic E-state index is 0.0303. The van der Waals surface area contributed by atoms with Crippen molar-refractivity contribution in [1.29, 1.82) is 0 Å². The lowest BCUT2D eigenvalue weighted by molar-refractivity contribution is -0.884. The van der Waals surface area contributed by atoms with E-state index in [-0.39, 0.29) is 11.8 Å². The molecule has 0 aromatic carbocycles. The van der Waals surface area contributed by atoms with Gasteiger partial charge in [-0.2, -0.15) is 4.31 Å². The van der Waals surface area contributed by atoms with E-state index in [0.29, 0.717) is 30.1 Å². The quantitative estimate of drug-likeness (QED) is 0.711. The number of nitrogens with one attached hydrogen (secondary N) is 2. The summed E-state index contributed by atoms with van der Waals surface area (Å²) in [6.07, 6.45) is 1.16. The summed E-state index contributed by atoms with van der Waals surface area (Å²) in [5, 5.41) is 3.76. The van der Waals surface area contributed by atoms with E-state index in [4.69, 9.17) is 0 Å². The second kappa shape index (κ2) is 7.49. The number of amides is 1. The molecule has 1 amide bonds. The van der Waals surface area contributed by atoms with Crippen molar-refractivity contribution in [3.8, 4) is 0 Å². The fourth-order valence-electron chi connectivity index (χ4n) is 3.14. The molecule has 2 aliphatic rings. The first-order valence-electron chi connectivity index (χ1n) is 8.37. The monoisotopic (exact) mass is 373 g/mol. The van der Waals surface area contributed by atoms with Crippen LogP contribution < -0.4 is 10.3 Å². The zero-order chi connectivity index (χ0) is 17.2. The minimum Gasteiger partial charge on any atom is -0.335 e. The average Bonchev–Trinajstić information content (AvgIpc) is 3.12. The van der Waals surface area contributed by atoms with Gasteiger partial charge in [-0.3, -0.25) is 10.2 Å². The Morgan fingerprint density at radius 3 is 2.50 bits per heavy atom. The Kier molecular flexibility index (Phi) is 5.56. The van der Waals surface area contributed by atoms with Crippen LogP contribution in [0.25, 0.3) is 0 Å². The molecular formula is C15H25N4O3S2+. The van der Waals surface area contributed by atoms with Gasteiger partial charge >= 0.3 is 0 Å². The van der Waals surface area contributed by atoms with Crippen LogP contribution >= 0.6 is 11.3 Å². The van der Waals surface area contributed by atoms with E-state index in [2.05, 4.69) is 12.5 Å². The van der Waals surface area contributed by atoms with Gasteiger partial charge in [-0.05, 0) is 24.3 Å². The van der Waals surface area contributed by atoms with E-state index < -0.39 is 10.0 Å². The van der Waals surface area contributed by atoms with Crippen LogP contribution in [0.2, 0.25) is 0 Å². The fraction of sp³-hybridized carbons (Fsp3) is 0.667. The molecule has 0 unspecified atom stereocenters. The summed E-state index contributed by atoms with van der Waals surface area (Å²) in [6.45, 7) is 4.60. The number of likely N-dealkylation sites (N-methyl/N-ethyl adjacent to an activating group) is 1. The smallest absolute Gasteiger partial charge is 0.252 e. The number of piperazine rings is 1. The number of thiophene rings is 1. The molecule has 3 rings (SSSR count). The summed E-state index contributed by atoms with van der Waals surface area (Å²) in [6, 6.07) is 3.38. The third kappa shape index (κ3) is 3.97. The van der Waals surface area contributed by atoms with E-state index >= 15 is 0 Å². The summed E-state index contributed by atoms with van der Waals surface area (Å²) < 4.78 is 26.9. The highest BCUT2D eigenvalue weighted by Gasteiger charge is 2.33. The average molecular weight is 374 g/mol. The summed E-state index contributed by atoms with van der Waals surface area (Å²) in [4.78, 5) is 13.9. The minimum atomic E-state index is -3.39. The lowest BCUT2D eigenvalue weighted by Crippen LogP contribution is -3.12. The van der Waals surface area contributed by atoms with Crippen LogP contribution in [0.15, 0.2) is 21.7 Å². The van der Waals surface area contributed by atoms with Crippen molar-refractivity contribution >= 4 is 27.3 Å². The molecular weight excluding hydrogens is 348 g/mol. The first-order chi connectivity index (χ1) is 11.5. The number of carbonyl (C=O) groups is 1. The van der Waals surface area contributed by atoms with Gasteiger partial charge in [0.2, 0.25) is 5.91 Å². The molecule has 1 aromatic rings. The summed E-state index contributed by atoms with van der Waals surface area (Å²) >= 11 is 1.24. The van der Waals surface area contributed by atoms with Crippen molar-refractivity contribution in [2.24, 2.45) is 5.92 Å². The maximum Gasteiger partial charge on any atom is 0.252 e. The van der Waals surface area contributed by atoms with Crippen LogP contribution in [0.5, 0.6) is 0 Å². The van der Waals surface area contributed by atoms with E-state index in [1.54, 1.807) is 17.5 Å². The number of hydrogen-bond donors (Lipinski definition) is 2. The van der Waals surface area contributed by atoms with Gasteiger partial charge in [0.25, 0.3) is 10.0 Å². The van der Waals surface area contributed by atoms with Crippen molar-refractivity contribution in [2.75, 3.05) is 46.3 Å². The molecule has 0 atom stereocenters. The molecule has 134 valence electrons. The number of carbonyl (C=O) groups excluding carboxylic acids is 1. The Labute approximate surface area is 147 Å². The van der Waals surface area contributed by atoms with E-state index in [9.17, 15) is 13.2 Å². The number of nitrogens with zero attached hydrogens (tertiary/aromatic N) is 2. The maximum atomic E-state index is 12.5. The Morgan fingerprint density at radius 2 is 1.92 bits per heavy atom. The molecule has 2 saturated heterocycles. The molecule has 7 nitrogen and oxygen atoms in total. The van der Waals surface area contributed by atoms with Gasteiger partial charge in [-0.25, -0.2) is 13.4 Å². The second-order valence-electron chi connectivity index (χ2n) is 6.53. The number of hydrazine groups is 1.